The number of hydrogen-bond acceptors (Lipinski definition) is 4. The monoisotopic (exact) mass is 373 g/mol. The molecule has 0 atom stereocenters. The molecule has 5 heteroatoms. The van der Waals surface area contributed by atoms with Crippen molar-refractivity contribution in [3.8, 4) is 11.1 Å². The first-order valence-electron chi connectivity index (χ1n) is 8.82. The van der Waals surface area contributed by atoms with Crippen LogP contribution in [-0.4, -0.2) is 23.1 Å². The van der Waals surface area contributed by atoms with Gasteiger partial charge in [0.2, 0.25) is 5.28 Å². The van der Waals surface area contributed by atoms with E-state index >= 15 is 0 Å². The molecule has 0 aliphatic rings. The first-order chi connectivity index (χ1) is 12.0. The van der Waals surface area contributed by atoms with Gasteiger partial charge in [0.25, 0.3) is 0 Å². The van der Waals surface area contributed by atoms with E-state index in [0.717, 1.165) is 42.0 Å². The minimum atomic E-state index is 0.328. The molecule has 0 aliphatic heterocycles. The van der Waals surface area contributed by atoms with Gasteiger partial charge < -0.3 is 4.90 Å². The Bertz CT molecular complexity index is 882. The molecule has 1 aromatic carbocycles. The fourth-order valence-electron chi connectivity index (χ4n) is 3.30. The van der Waals surface area contributed by atoms with Crippen LogP contribution in [0.1, 0.15) is 37.8 Å². The van der Waals surface area contributed by atoms with Crippen molar-refractivity contribution >= 4 is 39.0 Å². The summed E-state index contributed by atoms with van der Waals surface area (Å²) in [4.78, 5) is 12.4. The smallest absolute Gasteiger partial charge is 0.225 e. The summed E-state index contributed by atoms with van der Waals surface area (Å²) in [6.07, 6.45) is 2.15. The van der Waals surface area contributed by atoms with Gasteiger partial charge in [0, 0.05) is 24.0 Å². The number of aryl methyl sites for hydroxylation is 2. The van der Waals surface area contributed by atoms with Crippen LogP contribution in [0.4, 0.5) is 5.82 Å². The molecule has 3 aromatic rings. The molecule has 0 aliphatic carbocycles. The number of rotatable bonds is 6. The van der Waals surface area contributed by atoms with E-state index in [9.17, 15) is 0 Å². The quantitative estimate of drug-likeness (QED) is 0.478. The first kappa shape index (κ1) is 18.2. The third-order valence-electron chi connectivity index (χ3n) is 4.35. The molecule has 2 heterocycles. The Balaban J connectivity index is 2.24. The summed E-state index contributed by atoms with van der Waals surface area (Å²) < 4.78 is 0. The zero-order valence-electron chi connectivity index (χ0n) is 15.3. The van der Waals surface area contributed by atoms with E-state index < -0.39 is 0 Å². The van der Waals surface area contributed by atoms with Crippen LogP contribution in [0.2, 0.25) is 5.28 Å². The van der Waals surface area contributed by atoms with Gasteiger partial charge >= 0.3 is 0 Å². The third-order valence-corrected chi connectivity index (χ3v) is 5.39. The predicted octanol–water partition coefficient (Wildman–Crippen LogP) is 6.25. The summed E-state index contributed by atoms with van der Waals surface area (Å²) in [6.45, 7) is 10.6. The average Bonchev–Trinajstić information content (AvgIpc) is 2.97. The van der Waals surface area contributed by atoms with Gasteiger partial charge in [-0.1, -0.05) is 37.6 Å². The van der Waals surface area contributed by atoms with E-state index in [-0.39, 0.29) is 0 Å². The van der Waals surface area contributed by atoms with Gasteiger partial charge in [-0.15, -0.1) is 11.3 Å². The van der Waals surface area contributed by atoms with E-state index in [4.69, 9.17) is 11.6 Å². The molecule has 3 rings (SSSR count). The van der Waals surface area contributed by atoms with Crippen molar-refractivity contribution in [2.45, 2.75) is 40.5 Å². The van der Waals surface area contributed by atoms with E-state index in [1.54, 1.807) is 11.3 Å². The number of nitrogens with zero attached hydrogens (tertiary/aromatic N) is 3. The van der Waals surface area contributed by atoms with Crippen molar-refractivity contribution in [2.75, 3.05) is 18.0 Å². The summed E-state index contributed by atoms with van der Waals surface area (Å²) in [6, 6.07) is 6.60. The van der Waals surface area contributed by atoms with Crippen molar-refractivity contribution in [1.29, 1.82) is 0 Å². The summed E-state index contributed by atoms with van der Waals surface area (Å²) in [7, 11) is 0. The largest absolute Gasteiger partial charge is 0.356 e. The van der Waals surface area contributed by atoms with Gasteiger partial charge in [0.15, 0.2) is 0 Å². The Kier molecular flexibility index (Phi) is 5.60. The van der Waals surface area contributed by atoms with Gasteiger partial charge in [-0.3, -0.25) is 0 Å². The highest BCUT2D eigenvalue weighted by molar-refractivity contribution is 7.17. The van der Waals surface area contributed by atoms with Crippen LogP contribution < -0.4 is 4.90 Å². The second-order valence-corrected chi connectivity index (χ2v) is 7.65. The molecule has 0 spiro atoms. The lowest BCUT2D eigenvalue weighted by Gasteiger charge is -2.24. The van der Waals surface area contributed by atoms with Crippen molar-refractivity contribution in [2.24, 2.45) is 0 Å². The van der Waals surface area contributed by atoms with Crippen LogP contribution in [0.15, 0.2) is 23.6 Å². The van der Waals surface area contributed by atoms with Crippen LogP contribution in [0.25, 0.3) is 21.3 Å². The summed E-state index contributed by atoms with van der Waals surface area (Å²) in [5, 5.41) is 3.64. The maximum atomic E-state index is 6.23. The number of halogens is 1. The SMILES string of the molecule is CCCN(CCC)c1nc(Cl)nc2scc(-c3ccc(C)cc3C)c12. The molecular formula is C20H24ClN3S. The van der Waals surface area contributed by atoms with Crippen molar-refractivity contribution in [3.05, 3.63) is 40.0 Å². The Hall–Kier alpha value is -1.65. The molecule has 0 radical (unpaired) electrons. The highest BCUT2D eigenvalue weighted by atomic mass is 35.5. The van der Waals surface area contributed by atoms with E-state index in [2.05, 4.69) is 66.1 Å². The highest BCUT2D eigenvalue weighted by Crippen LogP contribution is 2.40. The highest BCUT2D eigenvalue weighted by Gasteiger charge is 2.19. The molecule has 25 heavy (non-hydrogen) atoms. The number of benzene rings is 1. The van der Waals surface area contributed by atoms with Crippen molar-refractivity contribution in [1.82, 2.24) is 9.97 Å². The van der Waals surface area contributed by atoms with E-state index in [1.807, 2.05) is 0 Å². The Morgan fingerprint density at radius 2 is 1.76 bits per heavy atom. The number of hydrogen-bond donors (Lipinski definition) is 0. The molecule has 0 unspecified atom stereocenters. The normalized spacial score (nSPS) is 11.2. The van der Waals surface area contributed by atoms with Crippen molar-refractivity contribution < 1.29 is 0 Å². The van der Waals surface area contributed by atoms with Gasteiger partial charge in [0.1, 0.15) is 10.6 Å². The van der Waals surface area contributed by atoms with Crippen LogP contribution >= 0.6 is 22.9 Å². The lowest BCUT2D eigenvalue weighted by atomic mass is 9.99. The molecule has 0 fully saturated rings. The fraction of sp³-hybridized carbons (Fsp3) is 0.400. The van der Waals surface area contributed by atoms with Crippen LogP contribution in [0, 0.1) is 13.8 Å². The molecule has 0 saturated heterocycles. The molecule has 0 saturated carbocycles. The maximum Gasteiger partial charge on any atom is 0.225 e. The van der Waals surface area contributed by atoms with Gasteiger partial charge in [0.05, 0.1) is 5.39 Å². The minimum absolute atomic E-state index is 0.328. The van der Waals surface area contributed by atoms with Gasteiger partial charge in [-0.05, 0) is 49.4 Å². The summed E-state index contributed by atoms with van der Waals surface area (Å²) in [5.41, 5.74) is 5.01. The Morgan fingerprint density at radius 3 is 2.40 bits per heavy atom. The van der Waals surface area contributed by atoms with Crippen LogP contribution in [0.3, 0.4) is 0 Å². The summed E-state index contributed by atoms with van der Waals surface area (Å²) in [5.74, 6) is 0.968. The number of fused-ring (bicyclic) bond motifs is 1. The topological polar surface area (TPSA) is 29.0 Å². The zero-order chi connectivity index (χ0) is 18.0. The molecule has 3 nitrogen and oxygen atoms in total. The molecule has 2 aromatic heterocycles. The fourth-order valence-corrected chi connectivity index (χ4v) is 4.45. The van der Waals surface area contributed by atoms with E-state index in [1.165, 1.54) is 22.3 Å². The second-order valence-electron chi connectivity index (χ2n) is 6.45. The third kappa shape index (κ3) is 3.65. The molecule has 0 bridgehead atoms. The van der Waals surface area contributed by atoms with Crippen molar-refractivity contribution in [3.63, 3.8) is 0 Å². The average molecular weight is 374 g/mol. The van der Waals surface area contributed by atoms with Gasteiger partial charge in [-0.25, -0.2) is 4.98 Å². The standard InChI is InChI=1S/C20H24ClN3S/c1-5-9-24(10-6-2)18-17-16(12-25-19(17)23-20(21)22-18)15-8-7-13(3)11-14(15)4/h7-8,11-12H,5-6,9-10H2,1-4H3. The second kappa shape index (κ2) is 7.71. The van der Waals surface area contributed by atoms with Gasteiger partial charge in [-0.2, -0.15) is 4.98 Å². The molecule has 0 amide bonds. The lowest BCUT2D eigenvalue weighted by molar-refractivity contribution is 0.736. The maximum absolute atomic E-state index is 6.23. The van der Waals surface area contributed by atoms with Crippen LogP contribution in [-0.2, 0) is 0 Å². The first-order valence-corrected chi connectivity index (χ1v) is 10.1. The number of anilines is 1. The molecular weight excluding hydrogens is 350 g/mol. The molecule has 0 N–H and O–H groups in total. The predicted molar refractivity (Wildman–Crippen MR) is 110 cm³/mol. The minimum Gasteiger partial charge on any atom is -0.356 e. The molecule has 132 valence electrons. The summed E-state index contributed by atoms with van der Waals surface area (Å²) >= 11 is 7.87. The Morgan fingerprint density at radius 1 is 1.04 bits per heavy atom. The zero-order valence-corrected chi connectivity index (χ0v) is 16.8. The van der Waals surface area contributed by atoms with Crippen LogP contribution in [0.5, 0.6) is 0 Å². The van der Waals surface area contributed by atoms with E-state index in [0.29, 0.717) is 5.28 Å². The lowest BCUT2D eigenvalue weighted by Crippen LogP contribution is -2.26. The number of aromatic nitrogens is 2. The Labute approximate surface area is 158 Å². The number of thiophene rings is 1.